The summed E-state index contributed by atoms with van der Waals surface area (Å²) in [5.74, 6) is -0.564. The second kappa shape index (κ2) is 4.27. The molecule has 19 heavy (non-hydrogen) atoms. The van der Waals surface area contributed by atoms with Gasteiger partial charge in [-0.05, 0) is 19.8 Å². The first-order chi connectivity index (χ1) is 8.97. The lowest BCUT2D eigenvalue weighted by Crippen LogP contribution is -2.16. The van der Waals surface area contributed by atoms with Crippen LogP contribution in [0.5, 0.6) is 0 Å². The van der Waals surface area contributed by atoms with Gasteiger partial charge in [0.05, 0.1) is 23.2 Å². The number of hydrogen-bond donors (Lipinski definition) is 1. The van der Waals surface area contributed by atoms with E-state index in [1.54, 1.807) is 0 Å². The average molecular weight is 266 g/mol. The number of nitrogens with one attached hydrogen (secondary N) is 1. The van der Waals surface area contributed by atoms with E-state index in [0.717, 1.165) is 18.0 Å². The molecule has 102 valence electrons. The summed E-state index contributed by atoms with van der Waals surface area (Å²) in [5, 5.41) is 0. The lowest BCUT2D eigenvalue weighted by molar-refractivity contribution is 0.0554. The molecule has 1 aromatic heterocycles. The van der Waals surface area contributed by atoms with Gasteiger partial charge >= 0.3 is 0 Å². The van der Waals surface area contributed by atoms with Gasteiger partial charge in [0.1, 0.15) is 5.82 Å². The van der Waals surface area contributed by atoms with Crippen molar-refractivity contribution in [2.75, 3.05) is 0 Å². The van der Waals surface area contributed by atoms with Gasteiger partial charge < -0.3 is 9.72 Å². The van der Waals surface area contributed by atoms with Crippen molar-refractivity contribution in [2.24, 2.45) is 5.92 Å². The van der Waals surface area contributed by atoms with E-state index in [1.807, 2.05) is 13.8 Å². The summed E-state index contributed by atoms with van der Waals surface area (Å²) < 4.78 is 32.2. The molecule has 2 aromatic rings. The van der Waals surface area contributed by atoms with Gasteiger partial charge in [0, 0.05) is 18.1 Å². The van der Waals surface area contributed by atoms with Crippen LogP contribution in [0.2, 0.25) is 0 Å². The van der Waals surface area contributed by atoms with Crippen LogP contribution in [0, 0.1) is 17.6 Å². The Kier molecular flexibility index (Phi) is 2.82. The van der Waals surface area contributed by atoms with Gasteiger partial charge in [0.2, 0.25) is 0 Å². The zero-order valence-electron chi connectivity index (χ0n) is 11.1. The van der Waals surface area contributed by atoms with Crippen LogP contribution in [0.4, 0.5) is 8.78 Å². The molecular formula is C14H16F2N2O. The van der Waals surface area contributed by atoms with Gasteiger partial charge in [-0.2, -0.15) is 0 Å². The molecule has 0 amide bonds. The SMILES string of the molecule is CC1OC(C)C(c2nc3cc(F)c(F)cc3[nH]2)C1C. The van der Waals surface area contributed by atoms with Crippen molar-refractivity contribution in [2.45, 2.75) is 38.9 Å². The monoisotopic (exact) mass is 266 g/mol. The van der Waals surface area contributed by atoms with Gasteiger partial charge in [0.25, 0.3) is 0 Å². The molecular weight excluding hydrogens is 250 g/mol. The number of aromatic nitrogens is 2. The Hall–Kier alpha value is -1.49. The van der Waals surface area contributed by atoms with E-state index in [2.05, 4.69) is 16.9 Å². The van der Waals surface area contributed by atoms with Crippen molar-refractivity contribution in [3.63, 3.8) is 0 Å². The van der Waals surface area contributed by atoms with Crippen LogP contribution in [0.3, 0.4) is 0 Å². The van der Waals surface area contributed by atoms with Gasteiger partial charge in [-0.15, -0.1) is 0 Å². The average Bonchev–Trinajstić information content (AvgIpc) is 2.82. The third kappa shape index (κ3) is 1.92. The van der Waals surface area contributed by atoms with Crippen molar-refractivity contribution >= 4 is 11.0 Å². The number of imidazole rings is 1. The quantitative estimate of drug-likeness (QED) is 0.859. The maximum Gasteiger partial charge on any atom is 0.161 e. The number of H-pyrrole nitrogens is 1. The first-order valence-electron chi connectivity index (χ1n) is 6.47. The van der Waals surface area contributed by atoms with E-state index in [1.165, 1.54) is 0 Å². The van der Waals surface area contributed by atoms with Gasteiger partial charge in [0.15, 0.2) is 11.6 Å². The molecule has 5 heteroatoms. The van der Waals surface area contributed by atoms with E-state index < -0.39 is 11.6 Å². The second-order valence-corrected chi connectivity index (χ2v) is 5.34. The predicted molar refractivity (Wildman–Crippen MR) is 67.9 cm³/mol. The van der Waals surface area contributed by atoms with E-state index in [-0.39, 0.29) is 18.1 Å². The Morgan fingerprint density at radius 2 is 1.79 bits per heavy atom. The fraction of sp³-hybridized carbons (Fsp3) is 0.500. The molecule has 2 heterocycles. The first-order valence-corrected chi connectivity index (χ1v) is 6.47. The molecule has 3 rings (SSSR count). The number of hydrogen-bond acceptors (Lipinski definition) is 2. The molecule has 0 radical (unpaired) electrons. The number of aromatic amines is 1. The number of rotatable bonds is 1. The molecule has 1 saturated heterocycles. The van der Waals surface area contributed by atoms with E-state index in [0.29, 0.717) is 17.0 Å². The summed E-state index contributed by atoms with van der Waals surface area (Å²) in [6, 6.07) is 2.27. The molecule has 0 aliphatic carbocycles. The third-order valence-electron chi connectivity index (χ3n) is 4.10. The summed E-state index contributed by atoms with van der Waals surface area (Å²) in [6.45, 7) is 6.13. The maximum atomic E-state index is 13.2. The minimum Gasteiger partial charge on any atom is -0.374 e. The first kappa shape index (κ1) is 12.5. The highest BCUT2D eigenvalue weighted by Gasteiger charge is 2.39. The number of benzene rings is 1. The number of nitrogens with zero attached hydrogens (tertiary/aromatic N) is 1. The molecule has 1 N–H and O–H groups in total. The minimum absolute atomic E-state index is 0.0419. The fourth-order valence-electron chi connectivity index (χ4n) is 2.92. The number of ether oxygens (including phenoxy) is 1. The van der Waals surface area contributed by atoms with Crippen LogP contribution in [-0.2, 0) is 4.74 Å². The number of fused-ring (bicyclic) bond motifs is 1. The van der Waals surface area contributed by atoms with Crippen LogP contribution in [0.15, 0.2) is 12.1 Å². The van der Waals surface area contributed by atoms with Crippen LogP contribution in [0.1, 0.15) is 32.5 Å². The van der Waals surface area contributed by atoms with Crippen molar-refractivity contribution in [1.29, 1.82) is 0 Å². The molecule has 1 aromatic carbocycles. The van der Waals surface area contributed by atoms with Crippen LogP contribution in [-0.4, -0.2) is 22.2 Å². The number of halogens is 2. The van der Waals surface area contributed by atoms with E-state index >= 15 is 0 Å². The van der Waals surface area contributed by atoms with Gasteiger partial charge in [-0.1, -0.05) is 6.92 Å². The Labute approximate surface area is 110 Å². The topological polar surface area (TPSA) is 37.9 Å². The van der Waals surface area contributed by atoms with E-state index in [4.69, 9.17) is 4.74 Å². The summed E-state index contributed by atoms with van der Waals surface area (Å²) in [4.78, 5) is 7.48. The Bertz CT molecular complexity index is 586. The summed E-state index contributed by atoms with van der Waals surface area (Å²) >= 11 is 0. The Balaban J connectivity index is 2.06. The smallest absolute Gasteiger partial charge is 0.161 e. The van der Waals surface area contributed by atoms with Gasteiger partial charge in [-0.25, -0.2) is 13.8 Å². The maximum absolute atomic E-state index is 13.2. The van der Waals surface area contributed by atoms with E-state index in [9.17, 15) is 8.78 Å². The Morgan fingerprint density at radius 1 is 1.11 bits per heavy atom. The molecule has 0 spiro atoms. The zero-order valence-corrected chi connectivity index (χ0v) is 11.1. The lowest BCUT2D eigenvalue weighted by atomic mass is 9.89. The van der Waals surface area contributed by atoms with Crippen molar-refractivity contribution in [1.82, 2.24) is 9.97 Å². The molecule has 3 nitrogen and oxygen atoms in total. The second-order valence-electron chi connectivity index (χ2n) is 5.34. The van der Waals surface area contributed by atoms with Crippen molar-refractivity contribution in [3.8, 4) is 0 Å². The van der Waals surface area contributed by atoms with Crippen molar-refractivity contribution < 1.29 is 13.5 Å². The molecule has 1 fully saturated rings. The zero-order chi connectivity index (χ0) is 13.7. The van der Waals surface area contributed by atoms with Crippen LogP contribution in [0.25, 0.3) is 11.0 Å². The third-order valence-corrected chi connectivity index (χ3v) is 4.10. The molecule has 1 aliphatic rings. The molecule has 4 atom stereocenters. The summed E-state index contributed by atoms with van der Waals surface area (Å²) in [5.41, 5.74) is 0.973. The van der Waals surface area contributed by atoms with Crippen LogP contribution >= 0.6 is 0 Å². The highest BCUT2D eigenvalue weighted by molar-refractivity contribution is 5.75. The molecule has 4 unspecified atom stereocenters. The van der Waals surface area contributed by atoms with Gasteiger partial charge in [-0.3, -0.25) is 0 Å². The molecule has 1 aliphatic heterocycles. The fourth-order valence-corrected chi connectivity index (χ4v) is 2.92. The van der Waals surface area contributed by atoms with Crippen molar-refractivity contribution in [3.05, 3.63) is 29.6 Å². The highest BCUT2D eigenvalue weighted by atomic mass is 19.2. The van der Waals surface area contributed by atoms with Crippen LogP contribution < -0.4 is 0 Å². The lowest BCUT2D eigenvalue weighted by Gasteiger charge is -2.15. The molecule has 0 bridgehead atoms. The highest BCUT2D eigenvalue weighted by Crippen LogP contribution is 2.39. The minimum atomic E-state index is -0.873. The molecule has 0 saturated carbocycles. The predicted octanol–water partition coefficient (Wildman–Crippen LogP) is 3.37. The summed E-state index contributed by atoms with van der Waals surface area (Å²) in [7, 11) is 0. The largest absolute Gasteiger partial charge is 0.374 e. The summed E-state index contributed by atoms with van der Waals surface area (Å²) in [6.07, 6.45) is 0.196. The standard InChI is InChI=1S/C14H16F2N2O/c1-6-7(2)19-8(3)13(6)14-17-11-4-9(15)10(16)5-12(11)18-14/h4-8,13H,1-3H3,(H,17,18). The Morgan fingerprint density at radius 3 is 2.42 bits per heavy atom. The normalized spacial score (nSPS) is 31.2.